The lowest BCUT2D eigenvalue weighted by Gasteiger charge is -2.25. The first-order valence-electron chi connectivity index (χ1n) is 7.02. The Kier molecular flexibility index (Phi) is 4.40. The van der Waals surface area contributed by atoms with Gasteiger partial charge in [-0.3, -0.25) is 0 Å². The zero-order valence-corrected chi connectivity index (χ0v) is 12.0. The summed E-state index contributed by atoms with van der Waals surface area (Å²) in [6.45, 7) is 6.90. The van der Waals surface area contributed by atoms with Crippen LogP contribution >= 0.6 is 0 Å². The third-order valence-corrected chi connectivity index (χ3v) is 3.85. The van der Waals surface area contributed by atoms with Crippen LogP contribution in [0.25, 0.3) is 0 Å². The van der Waals surface area contributed by atoms with E-state index in [-0.39, 0.29) is 0 Å². The molecule has 2 N–H and O–H groups in total. The van der Waals surface area contributed by atoms with Crippen molar-refractivity contribution in [1.29, 1.82) is 0 Å². The lowest BCUT2D eigenvalue weighted by atomic mass is 9.85. The van der Waals surface area contributed by atoms with Crippen LogP contribution in [0.15, 0.2) is 12.2 Å². The van der Waals surface area contributed by atoms with Gasteiger partial charge in [-0.05, 0) is 31.6 Å². The van der Waals surface area contributed by atoms with E-state index in [1.165, 1.54) is 0 Å². The molecule has 0 saturated heterocycles. The molecule has 0 spiro atoms. The Morgan fingerprint density at radius 1 is 1.32 bits per heavy atom. The van der Waals surface area contributed by atoms with Crippen LogP contribution in [-0.4, -0.2) is 16.6 Å². The smallest absolute Gasteiger partial charge is 0.221 e. The van der Waals surface area contributed by atoms with Gasteiger partial charge in [-0.1, -0.05) is 26.0 Å². The molecule has 2 atom stereocenters. The van der Waals surface area contributed by atoms with E-state index in [1.807, 2.05) is 13.8 Å². The second-order valence-corrected chi connectivity index (χ2v) is 5.30. The number of rotatable bonds is 4. The molecule has 2 rings (SSSR count). The number of nitrogens with zero attached hydrogens (tertiary/aromatic N) is 2. The monoisotopic (exact) mass is 261 g/mol. The molecule has 1 aliphatic carbocycles. The van der Waals surface area contributed by atoms with Crippen LogP contribution in [0, 0.1) is 18.8 Å². The Morgan fingerprint density at radius 3 is 2.74 bits per heavy atom. The van der Waals surface area contributed by atoms with Crippen LogP contribution in [0.3, 0.4) is 0 Å². The summed E-state index contributed by atoms with van der Waals surface area (Å²) in [6, 6.07) is 0. The molecule has 1 aliphatic rings. The SMILES string of the molecule is CCc1nc(N)c(C)c(OCC2CC=CCC2C)n1. The fourth-order valence-electron chi connectivity index (χ4n) is 2.28. The Hall–Kier alpha value is -1.58. The highest BCUT2D eigenvalue weighted by atomic mass is 16.5. The largest absolute Gasteiger partial charge is 0.477 e. The number of allylic oxidation sites excluding steroid dienone is 2. The molecule has 2 unspecified atom stereocenters. The zero-order chi connectivity index (χ0) is 13.8. The van der Waals surface area contributed by atoms with E-state index < -0.39 is 0 Å². The number of ether oxygens (including phenoxy) is 1. The maximum atomic E-state index is 5.90. The van der Waals surface area contributed by atoms with Gasteiger partial charge in [0.1, 0.15) is 11.6 Å². The van der Waals surface area contributed by atoms with E-state index in [1.54, 1.807) is 0 Å². The second-order valence-electron chi connectivity index (χ2n) is 5.30. The van der Waals surface area contributed by atoms with E-state index >= 15 is 0 Å². The fraction of sp³-hybridized carbons (Fsp3) is 0.600. The quantitative estimate of drug-likeness (QED) is 0.847. The molecule has 0 radical (unpaired) electrons. The summed E-state index contributed by atoms with van der Waals surface area (Å²) in [7, 11) is 0. The summed E-state index contributed by atoms with van der Waals surface area (Å²) < 4.78 is 5.90. The highest BCUT2D eigenvalue weighted by Gasteiger charge is 2.20. The molecular formula is C15H23N3O. The first-order chi connectivity index (χ1) is 9.11. The van der Waals surface area contributed by atoms with Crippen LogP contribution < -0.4 is 10.5 Å². The number of nitrogens with two attached hydrogens (primary N) is 1. The summed E-state index contributed by atoms with van der Waals surface area (Å²) in [4.78, 5) is 8.67. The highest BCUT2D eigenvalue weighted by molar-refractivity contribution is 5.44. The van der Waals surface area contributed by atoms with E-state index in [2.05, 4.69) is 29.0 Å². The number of hydrogen-bond acceptors (Lipinski definition) is 4. The Balaban J connectivity index is 2.06. The molecule has 4 heteroatoms. The average Bonchev–Trinajstić information content (AvgIpc) is 2.42. The van der Waals surface area contributed by atoms with Gasteiger partial charge in [-0.15, -0.1) is 0 Å². The minimum Gasteiger partial charge on any atom is -0.477 e. The summed E-state index contributed by atoms with van der Waals surface area (Å²) in [5, 5.41) is 0. The van der Waals surface area contributed by atoms with Crippen LogP contribution in [0.1, 0.15) is 38.1 Å². The van der Waals surface area contributed by atoms with E-state index in [9.17, 15) is 0 Å². The van der Waals surface area contributed by atoms with E-state index in [4.69, 9.17) is 10.5 Å². The zero-order valence-electron chi connectivity index (χ0n) is 12.0. The number of aromatic nitrogens is 2. The highest BCUT2D eigenvalue weighted by Crippen LogP contribution is 2.27. The van der Waals surface area contributed by atoms with Crippen molar-refractivity contribution in [1.82, 2.24) is 9.97 Å². The Bertz CT molecular complexity index is 471. The first kappa shape index (κ1) is 13.8. The van der Waals surface area contributed by atoms with E-state index in [0.717, 1.165) is 30.7 Å². The van der Waals surface area contributed by atoms with Gasteiger partial charge >= 0.3 is 0 Å². The Labute approximate surface area is 115 Å². The molecule has 0 aliphatic heterocycles. The molecule has 4 nitrogen and oxygen atoms in total. The Morgan fingerprint density at radius 2 is 2.05 bits per heavy atom. The molecular weight excluding hydrogens is 238 g/mol. The van der Waals surface area contributed by atoms with Crippen LogP contribution in [-0.2, 0) is 6.42 Å². The first-order valence-corrected chi connectivity index (χ1v) is 7.02. The average molecular weight is 261 g/mol. The second kappa shape index (κ2) is 6.04. The molecule has 0 amide bonds. The lowest BCUT2D eigenvalue weighted by molar-refractivity contribution is 0.191. The summed E-state index contributed by atoms with van der Waals surface area (Å²) in [5.41, 5.74) is 6.73. The van der Waals surface area contributed by atoms with Crippen LogP contribution in [0.5, 0.6) is 5.88 Å². The predicted octanol–water partition coefficient (Wildman–Crippen LogP) is 2.91. The van der Waals surface area contributed by atoms with Gasteiger partial charge in [0.25, 0.3) is 0 Å². The number of anilines is 1. The van der Waals surface area contributed by atoms with Gasteiger partial charge in [0.2, 0.25) is 5.88 Å². The van der Waals surface area contributed by atoms with Crippen LogP contribution in [0.4, 0.5) is 5.82 Å². The molecule has 1 heterocycles. The van der Waals surface area contributed by atoms with Crippen LogP contribution in [0.2, 0.25) is 0 Å². The fourth-order valence-corrected chi connectivity index (χ4v) is 2.28. The minimum atomic E-state index is 0.526. The third kappa shape index (κ3) is 3.25. The lowest BCUT2D eigenvalue weighted by Crippen LogP contribution is -2.22. The minimum absolute atomic E-state index is 0.526. The number of hydrogen-bond donors (Lipinski definition) is 1. The summed E-state index contributed by atoms with van der Waals surface area (Å²) in [5.74, 6) is 3.14. The maximum absolute atomic E-state index is 5.90. The van der Waals surface area contributed by atoms with Crippen molar-refractivity contribution >= 4 is 5.82 Å². The van der Waals surface area contributed by atoms with Crippen molar-refractivity contribution in [2.75, 3.05) is 12.3 Å². The van der Waals surface area contributed by atoms with E-state index in [0.29, 0.717) is 30.1 Å². The topological polar surface area (TPSA) is 61.0 Å². The molecule has 1 aromatic rings. The van der Waals surface area contributed by atoms with Gasteiger partial charge in [0.15, 0.2) is 0 Å². The van der Waals surface area contributed by atoms with Crippen molar-refractivity contribution in [3.05, 3.63) is 23.5 Å². The summed E-state index contributed by atoms with van der Waals surface area (Å²) >= 11 is 0. The molecule has 1 aromatic heterocycles. The number of aryl methyl sites for hydroxylation is 1. The van der Waals surface area contributed by atoms with Gasteiger partial charge in [0, 0.05) is 6.42 Å². The van der Waals surface area contributed by atoms with Gasteiger partial charge in [-0.2, -0.15) is 4.98 Å². The normalized spacial score (nSPS) is 22.5. The molecule has 0 bridgehead atoms. The number of nitrogen functional groups attached to an aromatic ring is 1. The van der Waals surface area contributed by atoms with Crippen molar-refractivity contribution in [3.8, 4) is 5.88 Å². The maximum Gasteiger partial charge on any atom is 0.221 e. The van der Waals surface area contributed by atoms with Crippen molar-refractivity contribution in [2.45, 2.75) is 40.0 Å². The third-order valence-electron chi connectivity index (χ3n) is 3.85. The van der Waals surface area contributed by atoms with Crippen molar-refractivity contribution in [2.24, 2.45) is 11.8 Å². The molecule has 19 heavy (non-hydrogen) atoms. The molecule has 0 aromatic carbocycles. The molecule has 0 fully saturated rings. The van der Waals surface area contributed by atoms with Gasteiger partial charge in [0.05, 0.1) is 12.2 Å². The van der Waals surface area contributed by atoms with Gasteiger partial charge in [-0.25, -0.2) is 4.98 Å². The van der Waals surface area contributed by atoms with Crippen molar-refractivity contribution < 1.29 is 4.74 Å². The van der Waals surface area contributed by atoms with Crippen molar-refractivity contribution in [3.63, 3.8) is 0 Å². The van der Waals surface area contributed by atoms with Gasteiger partial charge < -0.3 is 10.5 Å². The summed E-state index contributed by atoms with van der Waals surface area (Å²) in [6.07, 6.45) is 7.49. The molecule has 0 saturated carbocycles. The molecule has 104 valence electrons. The predicted molar refractivity (Wildman–Crippen MR) is 77.1 cm³/mol. The standard InChI is InChI=1S/C15H23N3O/c1-4-13-17-14(16)11(3)15(18-13)19-9-12-8-6-5-7-10(12)2/h5-6,10,12H,4,7-9H2,1-3H3,(H2,16,17,18).